The van der Waals surface area contributed by atoms with Crippen LogP contribution in [0.3, 0.4) is 0 Å². The normalized spacial score (nSPS) is 24.6. The number of furan rings is 1. The highest BCUT2D eigenvalue weighted by molar-refractivity contribution is 5.10. The van der Waals surface area contributed by atoms with Crippen molar-refractivity contribution >= 4 is 0 Å². The van der Waals surface area contributed by atoms with Crippen molar-refractivity contribution in [3.05, 3.63) is 23.7 Å². The summed E-state index contributed by atoms with van der Waals surface area (Å²) >= 11 is 0. The Morgan fingerprint density at radius 2 is 2.44 bits per heavy atom. The van der Waals surface area contributed by atoms with E-state index in [-0.39, 0.29) is 12.1 Å². The third-order valence-electron chi connectivity index (χ3n) is 3.18. The van der Waals surface area contributed by atoms with Gasteiger partial charge in [0.1, 0.15) is 11.5 Å². The molecule has 2 unspecified atom stereocenters. The molecule has 0 aliphatic carbocycles. The van der Waals surface area contributed by atoms with Gasteiger partial charge in [0.2, 0.25) is 0 Å². The van der Waals surface area contributed by atoms with Gasteiger partial charge in [-0.2, -0.15) is 0 Å². The molecule has 0 amide bonds. The third-order valence-corrected chi connectivity index (χ3v) is 3.18. The molecule has 90 valence electrons. The van der Waals surface area contributed by atoms with Crippen LogP contribution in [0.15, 0.2) is 16.5 Å². The minimum Gasteiger partial charge on any atom is -0.465 e. The average molecular weight is 224 g/mol. The molecule has 1 aliphatic rings. The molecule has 1 saturated heterocycles. The van der Waals surface area contributed by atoms with Crippen molar-refractivity contribution in [3.63, 3.8) is 0 Å². The number of rotatable bonds is 3. The number of likely N-dealkylation sites (tertiary alicyclic amines) is 1. The van der Waals surface area contributed by atoms with Gasteiger partial charge in [0.25, 0.3) is 0 Å². The van der Waals surface area contributed by atoms with Crippen LogP contribution in [0.1, 0.15) is 30.4 Å². The lowest BCUT2D eigenvalue weighted by Gasteiger charge is -2.35. The molecule has 2 rings (SSSR count). The maximum atomic E-state index is 9.66. The zero-order valence-corrected chi connectivity index (χ0v) is 9.72. The highest BCUT2D eigenvalue weighted by atomic mass is 16.3. The van der Waals surface area contributed by atoms with E-state index in [2.05, 4.69) is 4.90 Å². The molecule has 1 aliphatic heterocycles. The van der Waals surface area contributed by atoms with Crippen LogP contribution in [-0.2, 0) is 0 Å². The molecule has 2 atom stereocenters. The van der Waals surface area contributed by atoms with Crippen LogP contribution < -0.4 is 5.73 Å². The van der Waals surface area contributed by atoms with E-state index in [0.29, 0.717) is 13.1 Å². The first kappa shape index (κ1) is 11.6. The second-order valence-electron chi connectivity index (χ2n) is 4.49. The number of nitrogens with zero attached hydrogens (tertiary/aromatic N) is 1. The predicted octanol–water partition coefficient (Wildman–Crippen LogP) is 1.04. The average Bonchev–Trinajstić information content (AvgIpc) is 2.66. The summed E-state index contributed by atoms with van der Waals surface area (Å²) < 4.78 is 5.62. The topological polar surface area (TPSA) is 62.6 Å². The molecule has 0 bridgehead atoms. The largest absolute Gasteiger partial charge is 0.465 e. The fourth-order valence-electron chi connectivity index (χ4n) is 2.34. The SMILES string of the molecule is Cc1ccc(C(CN)N2CCCC(O)C2)o1. The van der Waals surface area contributed by atoms with E-state index in [1.165, 1.54) is 0 Å². The maximum absolute atomic E-state index is 9.66. The van der Waals surface area contributed by atoms with E-state index >= 15 is 0 Å². The molecule has 4 heteroatoms. The van der Waals surface area contributed by atoms with Crippen molar-refractivity contribution in [1.82, 2.24) is 4.90 Å². The first-order chi connectivity index (χ1) is 7.70. The number of hydrogen-bond acceptors (Lipinski definition) is 4. The van der Waals surface area contributed by atoms with E-state index in [4.69, 9.17) is 10.2 Å². The standard InChI is InChI=1S/C12H20N2O2/c1-9-4-5-12(16-9)11(7-13)14-6-2-3-10(15)8-14/h4-5,10-11,15H,2-3,6-8,13H2,1H3. The van der Waals surface area contributed by atoms with Gasteiger partial charge in [0.15, 0.2) is 0 Å². The Hall–Kier alpha value is -0.840. The van der Waals surface area contributed by atoms with Crippen molar-refractivity contribution in [2.75, 3.05) is 19.6 Å². The Labute approximate surface area is 96.0 Å². The van der Waals surface area contributed by atoms with Crippen LogP contribution >= 0.6 is 0 Å². The molecule has 0 saturated carbocycles. The van der Waals surface area contributed by atoms with Crippen LogP contribution in [-0.4, -0.2) is 35.7 Å². The summed E-state index contributed by atoms with van der Waals surface area (Å²) in [5, 5.41) is 9.66. The third kappa shape index (κ3) is 2.45. The summed E-state index contributed by atoms with van der Waals surface area (Å²) in [5.41, 5.74) is 5.81. The summed E-state index contributed by atoms with van der Waals surface area (Å²) in [6, 6.07) is 4.04. The quantitative estimate of drug-likeness (QED) is 0.805. The van der Waals surface area contributed by atoms with Crippen molar-refractivity contribution in [1.29, 1.82) is 0 Å². The Bertz CT molecular complexity index is 338. The molecule has 2 heterocycles. The molecule has 1 aromatic heterocycles. The first-order valence-electron chi connectivity index (χ1n) is 5.89. The van der Waals surface area contributed by atoms with Gasteiger partial charge >= 0.3 is 0 Å². The number of aliphatic hydroxyl groups is 1. The van der Waals surface area contributed by atoms with Crippen molar-refractivity contribution in [3.8, 4) is 0 Å². The predicted molar refractivity (Wildman–Crippen MR) is 62.1 cm³/mol. The van der Waals surface area contributed by atoms with Gasteiger partial charge in [-0.05, 0) is 38.4 Å². The Morgan fingerprint density at radius 3 is 3.00 bits per heavy atom. The van der Waals surface area contributed by atoms with Crippen molar-refractivity contribution in [2.45, 2.75) is 31.9 Å². The highest BCUT2D eigenvalue weighted by Crippen LogP contribution is 2.25. The molecule has 3 N–H and O–H groups in total. The number of hydrogen-bond donors (Lipinski definition) is 2. The molecule has 1 aromatic rings. The van der Waals surface area contributed by atoms with Crippen molar-refractivity contribution in [2.24, 2.45) is 5.73 Å². The van der Waals surface area contributed by atoms with E-state index in [0.717, 1.165) is 30.9 Å². The number of aryl methyl sites for hydroxylation is 1. The van der Waals surface area contributed by atoms with Gasteiger partial charge in [-0.3, -0.25) is 4.90 Å². The second kappa shape index (κ2) is 4.99. The van der Waals surface area contributed by atoms with Gasteiger partial charge < -0.3 is 15.3 Å². The van der Waals surface area contributed by atoms with E-state index in [1.807, 2.05) is 19.1 Å². The summed E-state index contributed by atoms with van der Waals surface area (Å²) in [5.74, 6) is 1.82. The van der Waals surface area contributed by atoms with Crippen LogP contribution in [0.5, 0.6) is 0 Å². The fourth-order valence-corrected chi connectivity index (χ4v) is 2.34. The zero-order chi connectivity index (χ0) is 11.5. The highest BCUT2D eigenvalue weighted by Gasteiger charge is 2.26. The second-order valence-corrected chi connectivity index (χ2v) is 4.49. The molecular formula is C12H20N2O2. The Balaban J connectivity index is 2.09. The number of aliphatic hydroxyl groups excluding tert-OH is 1. The first-order valence-corrected chi connectivity index (χ1v) is 5.89. The number of piperidine rings is 1. The molecule has 0 spiro atoms. The van der Waals surface area contributed by atoms with Gasteiger partial charge in [0.05, 0.1) is 12.1 Å². The monoisotopic (exact) mass is 224 g/mol. The van der Waals surface area contributed by atoms with E-state index in [9.17, 15) is 5.11 Å². The van der Waals surface area contributed by atoms with Crippen LogP contribution in [0, 0.1) is 6.92 Å². The number of nitrogens with two attached hydrogens (primary N) is 1. The number of β-amino-alcohol motifs (C(OH)–C–C–N with tert-alkyl or cyclic N) is 1. The van der Waals surface area contributed by atoms with E-state index in [1.54, 1.807) is 0 Å². The molecule has 0 aromatic carbocycles. The minimum atomic E-state index is -0.223. The molecular weight excluding hydrogens is 204 g/mol. The summed E-state index contributed by atoms with van der Waals surface area (Å²) in [6.45, 7) is 4.14. The Kier molecular flexibility index (Phi) is 3.63. The lowest BCUT2D eigenvalue weighted by Crippen LogP contribution is -2.42. The summed E-state index contributed by atoms with van der Waals surface area (Å²) in [4.78, 5) is 2.21. The zero-order valence-electron chi connectivity index (χ0n) is 9.72. The van der Waals surface area contributed by atoms with Gasteiger partial charge in [0, 0.05) is 13.1 Å². The Morgan fingerprint density at radius 1 is 1.62 bits per heavy atom. The lowest BCUT2D eigenvalue weighted by molar-refractivity contribution is 0.0424. The minimum absolute atomic E-state index is 0.101. The van der Waals surface area contributed by atoms with Crippen molar-refractivity contribution < 1.29 is 9.52 Å². The van der Waals surface area contributed by atoms with Crippen LogP contribution in [0.4, 0.5) is 0 Å². The summed E-state index contributed by atoms with van der Waals surface area (Å²) in [7, 11) is 0. The van der Waals surface area contributed by atoms with Gasteiger partial charge in [-0.15, -0.1) is 0 Å². The molecule has 0 radical (unpaired) electrons. The summed E-state index contributed by atoms with van der Waals surface area (Å²) in [6.07, 6.45) is 1.70. The molecule has 1 fully saturated rings. The van der Waals surface area contributed by atoms with Crippen LogP contribution in [0.2, 0.25) is 0 Å². The smallest absolute Gasteiger partial charge is 0.122 e. The van der Waals surface area contributed by atoms with E-state index < -0.39 is 0 Å². The maximum Gasteiger partial charge on any atom is 0.122 e. The molecule has 4 nitrogen and oxygen atoms in total. The van der Waals surface area contributed by atoms with Gasteiger partial charge in [-0.1, -0.05) is 0 Å². The molecule has 16 heavy (non-hydrogen) atoms. The van der Waals surface area contributed by atoms with Gasteiger partial charge in [-0.25, -0.2) is 0 Å². The lowest BCUT2D eigenvalue weighted by atomic mass is 10.0. The fraction of sp³-hybridized carbons (Fsp3) is 0.667. The van der Waals surface area contributed by atoms with Crippen LogP contribution in [0.25, 0.3) is 0 Å².